The first kappa shape index (κ1) is 31.9. The molecule has 1 aliphatic rings. The molecule has 0 fully saturated rings. The third-order valence-electron chi connectivity index (χ3n) is 13.0. The fourth-order valence-electron chi connectivity index (χ4n) is 10.6. The van der Waals surface area contributed by atoms with Gasteiger partial charge in [0, 0.05) is 43.3 Å². The van der Waals surface area contributed by atoms with E-state index in [-0.39, 0.29) is 0 Å². The molecule has 276 valence electrons. The second-order valence-corrected chi connectivity index (χ2v) is 16.1. The fourth-order valence-corrected chi connectivity index (χ4v) is 10.6. The third kappa shape index (κ3) is 4.14. The maximum Gasteiger partial charge on any atom is 0.235 e. The lowest BCUT2D eigenvalue weighted by atomic mass is 9.95. The van der Waals surface area contributed by atoms with Crippen LogP contribution in [-0.4, -0.2) is 19.1 Å². The Bertz CT molecular complexity index is 3990. The molecule has 0 radical (unpaired) electrons. The summed E-state index contributed by atoms with van der Waals surface area (Å²) >= 11 is 0. The average molecular weight is 761 g/mol. The van der Waals surface area contributed by atoms with Gasteiger partial charge in [-0.15, -0.1) is 0 Å². The molecule has 0 unspecified atom stereocenters. The molecule has 0 N–H and O–H groups in total. The second-order valence-electron chi connectivity index (χ2n) is 16.1. The Labute approximate surface area is 343 Å². The van der Waals surface area contributed by atoms with E-state index in [0.717, 1.165) is 49.7 Å². The van der Waals surface area contributed by atoms with Crippen LogP contribution in [0.4, 0.5) is 0 Å². The number of nitrogens with zero attached hydrogens (tertiary/aromatic N) is 4. The first-order chi connectivity index (χ1) is 29.8. The minimum absolute atomic E-state index is 0.648. The molecule has 0 aliphatic heterocycles. The van der Waals surface area contributed by atoms with Crippen molar-refractivity contribution in [2.75, 3.05) is 0 Å². The molecule has 1 aliphatic carbocycles. The summed E-state index contributed by atoms with van der Waals surface area (Å²) in [5.41, 5.74) is 13.7. The average Bonchev–Trinajstić information content (AvgIpc) is 3.95. The molecule has 10 aromatic carbocycles. The SMILES string of the molecule is c1ccc2c(c1)-c1cccc3c(-c4nc(-n5c6ccccc6c6c(-n7c8ccccc8c8ccc9ccccc9c87)c7ccccc7cc65)nc5ccccc45)ccc-2c13. The highest BCUT2D eigenvalue weighted by Gasteiger charge is 2.26. The lowest BCUT2D eigenvalue weighted by molar-refractivity contribution is 1.01. The summed E-state index contributed by atoms with van der Waals surface area (Å²) in [4.78, 5) is 11.1. The summed E-state index contributed by atoms with van der Waals surface area (Å²) < 4.78 is 4.84. The molecular formula is C56H32N4. The zero-order valence-corrected chi connectivity index (χ0v) is 32.3. The smallest absolute Gasteiger partial charge is 0.235 e. The first-order valence-corrected chi connectivity index (χ1v) is 20.6. The van der Waals surface area contributed by atoms with E-state index in [1.165, 1.54) is 76.4 Å². The Morgan fingerprint density at radius 2 is 0.917 bits per heavy atom. The van der Waals surface area contributed by atoms with Gasteiger partial charge in [0.05, 0.1) is 39.0 Å². The van der Waals surface area contributed by atoms with Crippen molar-refractivity contribution in [3.05, 3.63) is 194 Å². The summed E-state index contributed by atoms with van der Waals surface area (Å²) in [6, 6.07) is 70.6. The second kappa shape index (κ2) is 11.8. The number of fused-ring (bicyclic) bond motifs is 13. The van der Waals surface area contributed by atoms with Crippen LogP contribution in [0.3, 0.4) is 0 Å². The molecule has 0 spiro atoms. The molecule has 3 aromatic heterocycles. The molecular weight excluding hydrogens is 729 g/mol. The van der Waals surface area contributed by atoms with Crippen LogP contribution >= 0.6 is 0 Å². The monoisotopic (exact) mass is 760 g/mol. The maximum absolute atomic E-state index is 5.65. The number of benzene rings is 10. The van der Waals surface area contributed by atoms with Gasteiger partial charge in [-0.05, 0) is 68.1 Å². The van der Waals surface area contributed by atoms with Crippen LogP contribution in [-0.2, 0) is 0 Å². The highest BCUT2D eigenvalue weighted by atomic mass is 15.2. The van der Waals surface area contributed by atoms with Gasteiger partial charge < -0.3 is 4.57 Å². The van der Waals surface area contributed by atoms with Crippen LogP contribution in [0.5, 0.6) is 0 Å². The van der Waals surface area contributed by atoms with Crippen molar-refractivity contribution in [2.45, 2.75) is 0 Å². The molecule has 13 aromatic rings. The van der Waals surface area contributed by atoms with Crippen LogP contribution in [0, 0.1) is 0 Å². The Morgan fingerprint density at radius 3 is 1.75 bits per heavy atom. The zero-order valence-electron chi connectivity index (χ0n) is 32.3. The van der Waals surface area contributed by atoms with E-state index in [1.54, 1.807) is 0 Å². The summed E-state index contributed by atoms with van der Waals surface area (Å²) in [6.07, 6.45) is 0. The quantitative estimate of drug-likeness (QED) is 0.180. The van der Waals surface area contributed by atoms with Crippen molar-refractivity contribution in [1.29, 1.82) is 0 Å². The Morgan fingerprint density at radius 1 is 0.317 bits per heavy atom. The van der Waals surface area contributed by atoms with E-state index < -0.39 is 0 Å². The van der Waals surface area contributed by atoms with Gasteiger partial charge in [-0.3, -0.25) is 4.57 Å². The topological polar surface area (TPSA) is 35.6 Å². The van der Waals surface area contributed by atoms with Crippen LogP contribution in [0.15, 0.2) is 194 Å². The Balaban J connectivity index is 1.13. The fraction of sp³-hybridized carbons (Fsp3) is 0. The normalized spacial score (nSPS) is 12.3. The van der Waals surface area contributed by atoms with Gasteiger partial charge in [0.15, 0.2) is 0 Å². The van der Waals surface area contributed by atoms with Crippen molar-refractivity contribution in [2.24, 2.45) is 0 Å². The molecule has 4 heteroatoms. The molecule has 0 bridgehead atoms. The summed E-state index contributed by atoms with van der Waals surface area (Å²) in [7, 11) is 0. The summed E-state index contributed by atoms with van der Waals surface area (Å²) in [6.45, 7) is 0. The molecule has 0 saturated carbocycles. The van der Waals surface area contributed by atoms with Crippen molar-refractivity contribution in [1.82, 2.24) is 19.1 Å². The van der Waals surface area contributed by atoms with Gasteiger partial charge in [-0.25, -0.2) is 9.97 Å². The van der Waals surface area contributed by atoms with Gasteiger partial charge in [0.2, 0.25) is 5.95 Å². The molecule has 0 saturated heterocycles. The third-order valence-corrected chi connectivity index (χ3v) is 13.0. The van der Waals surface area contributed by atoms with Crippen molar-refractivity contribution >= 4 is 86.8 Å². The van der Waals surface area contributed by atoms with Gasteiger partial charge >= 0.3 is 0 Å². The van der Waals surface area contributed by atoms with E-state index >= 15 is 0 Å². The number of hydrogen-bond acceptors (Lipinski definition) is 2. The first-order valence-electron chi connectivity index (χ1n) is 20.6. The number of para-hydroxylation sites is 3. The molecule has 60 heavy (non-hydrogen) atoms. The standard InChI is InChI=1S/C56H32N4/c1-3-16-35-33(14-1)28-29-44-39-20-8-11-26-48(39)60(54(35)44)55-36-17-4-2-15-34(36)32-50-52(55)46-22-9-12-27-49(46)59(50)56-57-47-25-10-7-21-45(47)53(58-56)43-31-30-42-38-19-6-5-18-37(38)40-23-13-24-41(43)51(40)42/h1-32H. The van der Waals surface area contributed by atoms with Gasteiger partial charge in [-0.2, -0.15) is 0 Å². The Kier molecular flexibility index (Phi) is 6.26. The number of rotatable bonds is 3. The molecule has 4 nitrogen and oxygen atoms in total. The minimum atomic E-state index is 0.648. The number of hydrogen-bond donors (Lipinski definition) is 0. The zero-order chi connectivity index (χ0) is 39.1. The number of aromatic nitrogens is 4. The van der Waals surface area contributed by atoms with E-state index in [4.69, 9.17) is 9.97 Å². The van der Waals surface area contributed by atoms with Crippen LogP contribution in [0.25, 0.3) is 132 Å². The summed E-state index contributed by atoms with van der Waals surface area (Å²) in [5, 5.41) is 13.1. The molecule has 14 rings (SSSR count). The van der Waals surface area contributed by atoms with E-state index in [2.05, 4.69) is 203 Å². The lowest BCUT2D eigenvalue weighted by Gasteiger charge is -2.16. The molecule has 0 atom stereocenters. The van der Waals surface area contributed by atoms with E-state index in [9.17, 15) is 0 Å². The lowest BCUT2D eigenvalue weighted by Crippen LogP contribution is -2.04. The minimum Gasteiger partial charge on any atom is -0.307 e. The van der Waals surface area contributed by atoms with Crippen LogP contribution < -0.4 is 0 Å². The summed E-state index contributed by atoms with van der Waals surface area (Å²) in [5.74, 6) is 0.648. The predicted molar refractivity (Wildman–Crippen MR) is 251 cm³/mol. The van der Waals surface area contributed by atoms with E-state index in [0.29, 0.717) is 5.95 Å². The van der Waals surface area contributed by atoms with Crippen molar-refractivity contribution in [3.63, 3.8) is 0 Å². The predicted octanol–water partition coefficient (Wildman–Crippen LogP) is 14.6. The largest absolute Gasteiger partial charge is 0.307 e. The highest BCUT2D eigenvalue weighted by Crippen LogP contribution is 2.50. The van der Waals surface area contributed by atoms with Gasteiger partial charge in [0.1, 0.15) is 0 Å². The van der Waals surface area contributed by atoms with E-state index in [1.807, 2.05) is 0 Å². The van der Waals surface area contributed by atoms with Crippen LogP contribution in [0.1, 0.15) is 0 Å². The Hall–Kier alpha value is -8.08. The van der Waals surface area contributed by atoms with Gasteiger partial charge in [-0.1, -0.05) is 170 Å². The van der Waals surface area contributed by atoms with Gasteiger partial charge in [0.25, 0.3) is 0 Å². The highest BCUT2D eigenvalue weighted by molar-refractivity contribution is 6.25. The van der Waals surface area contributed by atoms with Crippen molar-refractivity contribution in [3.8, 4) is 45.1 Å². The maximum atomic E-state index is 5.65. The molecule has 3 heterocycles. The molecule has 0 amide bonds. The van der Waals surface area contributed by atoms with Crippen molar-refractivity contribution < 1.29 is 0 Å². The van der Waals surface area contributed by atoms with Crippen LogP contribution in [0.2, 0.25) is 0 Å².